The second-order valence-corrected chi connectivity index (χ2v) is 10.8. The molecule has 3 heteroatoms. The van der Waals surface area contributed by atoms with E-state index in [1.165, 1.54) is 38.5 Å². The zero-order chi connectivity index (χ0) is 18.4. The normalized spacial score (nSPS) is 42.6. The summed E-state index contributed by atoms with van der Waals surface area (Å²) >= 11 is 3.42. The van der Waals surface area contributed by atoms with Crippen LogP contribution in [-0.2, 0) is 4.79 Å². The molecule has 0 spiro atoms. The van der Waals surface area contributed by atoms with Gasteiger partial charge in [0, 0.05) is 5.92 Å². The van der Waals surface area contributed by atoms with Gasteiger partial charge in [-0.2, -0.15) is 0 Å². The maximum atomic E-state index is 12.5. The molecule has 0 aliphatic heterocycles. The molecule has 3 fully saturated rings. The molecule has 0 aromatic heterocycles. The molecule has 1 N–H and O–H groups in total. The smallest absolute Gasteiger partial charge is 0.147 e. The van der Waals surface area contributed by atoms with Crippen molar-refractivity contribution in [3.63, 3.8) is 0 Å². The quantitative estimate of drug-likeness (QED) is 0.595. The number of rotatable bonds is 5. The molecule has 2 nitrogen and oxygen atoms in total. The third-order valence-corrected chi connectivity index (χ3v) is 9.15. The zero-order valence-electron chi connectivity index (χ0n) is 16.6. The summed E-state index contributed by atoms with van der Waals surface area (Å²) < 4.78 is 0. The minimum absolute atomic E-state index is 0.246. The fourth-order valence-corrected chi connectivity index (χ4v) is 7.20. The van der Waals surface area contributed by atoms with E-state index in [1.807, 2.05) is 13.8 Å². The molecule has 25 heavy (non-hydrogen) atoms. The number of carbonyl (C=O) groups is 1. The highest BCUT2D eigenvalue weighted by Crippen LogP contribution is 2.63. The highest BCUT2D eigenvalue weighted by molar-refractivity contribution is 9.09. The first-order valence-electron chi connectivity index (χ1n) is 10.5. The Morgan fingerprint density at radius 3 is 2.56 bits per heavy atom. The van der Waals surface area contributed by atoms with Gasteiger partial charge in [0.25, 0.3) is 0 Å². The molecule has 0 saturated heterocycles. The summed E-state index contributed by atoms with van der Waals surface area (Å²) in [4.78, 5) is 12.5. The second kappa shape index (κ2) is 7.26. The lowest BCUT2D eigenvalue weighted by atomic mass is 9.52. The molecule has 0 amide bonds. The summed E-state index contributed by atoms with van der Waals surface area (Å²) in [5.74, 6) is 4.25. The Labute approximate surface area is 162 Å². The minimum atomic E-state index is -0.573. The van der Waals surface area contributed by atoms with E-state index < -0.39 is 5.60 Å². The van der Waals surface area contributed by atoms with Crippen molar-refractivity contribution < 1.29 is 9.90 Å². The maximum Gasteiger partial charge on any atom is 0.147 e. The van der Waals surface area contributed by atoms with Crippen molar-refractivity contribution in [2.24, 2.45) is 40.9 Å². The molecular formula is C22H37BrO2. The lowest BCUT2D eigenvalue weighted by molar-refractivity contribution is -0.126. The van der Waals surface area contributed by atoms with Crippen LogP contribution in [0.25, 0.3) is 0 Å². The van der Waals surface area contributed by atoms with Crippen LogP contribution in [0.4, 0.5) is 0 Å². The van der Waals surface area contributed by atoms with Crippen LogP contribution < -0.4 is 0 Å². The molecule has 0 aromatic carbocycles. The van der Waals surface area contributed by atoms with E-state index in [9.17, 15) is 9.90 Å². The van der Waals surface area contributed by atoms with Crippen molar-refractivity contribution >= 4 is 21.7 Å². The van der Waals surface area contributed by atoms with Crippen LogP contribution in [0.1, 0.15) is 79.1 Å². The van der Waals surface area contributed by atoms with Crippen LogP contribution in [0.5, 0.6) is 0 Å². The Morgan fingerprint density at radius 1 is 1.20 bits per heavy atom. The monoisotopic (exact) mass is 412 g/mol. The van der Waals surface area contributed by atoms with Gasteiger partial charge in [-0.1, -0.05) is 42.6 Å². The Bertz CT molecular complexity index is 497. The predicted octanol–water partition coefficient (Wildman–Crippen LogP) is 5.61. The van der Waals surface area contributed by atoms with E-state index in [0.717, 1.165) is 36.5 Å². The number of alkyl halides is 1. The molecule has 7 atom stereocenters. The summed E-state index contributed by atoms with van der Waals surface area (Å²) in [5, 5.41) is 10.9. The lowest BCUT2D eigenvalue weighted by Gasteiger charge is -2.53. The van der Waals surface area contributed by atoms with Gasteiger partial charge in [0.05, 0.1) is 10.9 Å². The standard InChI is InChI=1S/C22H37BrO2/c1-14(21(2,3)25)12-15-6-5-7-17-16(15)10-11-22(4)18(17)8-9-19(22)20(24)13-23/h14-19,25H,5-13H2,1-4H3. The topological polar surface area (TPSA) is 37.3 Å². The molecule has 3 saturated carbocycles. The third kappa shape index (κ3) is 3.61. The summed E-state index contributed by atoms with van der Waals surface area (Å²) in [6.45, 7) is 8.57. The summed E-state index contributed by atoms with van der Waals surface area (Å²) in [5.41, 5.74) is -0.327. The van der Waals surface area contributed by atoms with Gasteiger partial charge in [0.2, 0.25) is 0 Å². The fraction of sp³-hybridized carbons (Fsp3) is 0.955. The van der Waals surface area contributed by atoms with Crippen LogP contribution in [0.3, 0.4) is 0 Å². The van der Waals surface area contributed by atoms with Gasteiger partial charge in [-0.05, 0) is 87.4 Å². The summed E-state index contributed by atoms with van der Waals surface area (Å²) in [7, 11) is 0. The number of hydrogen-bond donors (Lipinski definition) is 1. The summed E-state index contributed by atoms with van der Waals surface area (Å²) in [6, 6.07) is 0. The molecule has 3 rings (SSSR count). The van der Waals surface area contributed by atoms with E-state index in [-0.39, 0.29) is 11.3 Å². The van der Waals surface area contributed by atoms with Crippen molar-refractivity contribution in [3.05, 3.63) is 0 Å². The van der Waals surface area contributed by atoms with Crippen molar-refractivity contribution in [2.75, 3.05) is 5.33 Å². The highest BCUT2D eigenvalue weighted by atomic mass is 79.9. The van der Waals surface area contributed by atoms with Crippen molar-refractivity contribution in [2.45, 2.75) is 84.7 Å². The van der Waals surface area contributed by atoms with Gasteiger partial charge in [0.1, 0.15) is 5.78 Å². The number of hydrogen-bond acceptors (Lipinski definition) is 2. The van der Waals surface area contributed by atoms with Gasteiger partial charge >= 0.3 is 0 Å². The molecule has 7 unspecified atom stereocenters. The van der Waals surface area contributed by atoms with Crippen molar-refractivity contribution in [1.29, 1.82) is 0 Å². The average molecular weight is 413 g/mol. The SMILES string of the molecule is CC(CC1CCCC2C1CCC1(C)C(C(=O)CBr)CCC21)C(C)(C)O. The Balaban J connectivity index is 1.75. The van der Waals surface area contributed by atoms with Crippen molar-refractivity contribution in [1.82, 2.24) is 0 Å². The van der Waals surface area contributed by atoms with Crippen LogP contribution in [0.15, 0.2) is 0 Å². The first kappa shape index (κ1) is 19.9. The van der Waals surface area contributed by atoms with Crippen LogP contribution in [0.2, 0.25) is 0 Å². The first-order valence-corrected chi connectivity index (χ1v) is 11.6. The van der Waals surface area contributed by atoms with Gasteiger partial charge in [0.15, 0.2) is 0 Å². The first-order chi connectivity index (χ1) is 11.7. The van der Waals surface area contributed by atoms with Gasteiger partial charge < -0.3 is 5.11 Å². The van der Waals surface area contributed by atoms with E-state index in [4.69, 9.17) is 0 Å². The average Bonchev–Trinajstić information content (AvgIpc) is 2.91. The zero-order valence-corrected chi connectivity index (χ0v) is 18.1. The van der Waals surface area contributed by atoms with E-state index in [1.54, 1.807) is 0 Å². The fourth-order valence-electron chi connectivity index (χ4n) is 6.80. The Hall–Kier alpha value is 0.110. The predicted molar refractivity (Wildman–Crippen MR) is 107 cm³/mol. The Morgan fingerprint density at radius 2 is 1.92 bits per heavy atom. The lowest BCUT2D eigenvalue weighted by Crippen LogP contribution is -2.47. The third-order valence-electron chi connectivity index (χ3n) is 8.59. The number of carbonyl (C=O) groups excluding carboxylic acids is 1. The van der Waals surface area contributed by atoms with Crippen molar-refractivity contribution in [3.8, 4) is 0 Å². The molecule has 0 aromatic rings. The highest BCUT2D eigenvalue weighted by Gasteiger charge is 2.56. The van der Waals surface area contributed by atoms with Crippen LogP contribution >= 0.6 is 15.9 Å². The second-order valence-electron chi connectivity index (χ2n) is 10.2. The molecule has 0 bridgehead atoms. The molecule has 3 aliphatic rings. The number of ketones is 1. The molecule has 3 aliphatic carbocycles. The largest absolute Gasteiger partial charge is 0.390 e. The molecule has 0 radical (unpaired) electrons. The molecule has 0 heterocycles. The number of aliphatic hydroxyl groups is 1. The maximum absolute atomic E-state index is 12.5. The molecular weight excluding hydrogens is 376 g/mol. The minimum Gasteiger partial charge on any atom is -0.390 e. The van der Waals surface area contributed by atoms with E-state index in [0.29, 0.717) is 17.0 Å². The van der Waals surface area contributed by atoms with Crippen LogP contribution in [0, 0.1) is 40.9 Å². The van der Waals surface area contributed by atoms with Crippen LogP contribution in [-0.4, -0.2) is 21.8 Å². The summed E-state index contributed by atoms with van der Waals surface area (Å²) in [6.07, 6.45) is 10.1. The number of fused-ring (bicyclic) bond motifs is 3. The number of Topliss-reactive ketones (excluding diaryl/α,β-unsaturated/α-hetero) is 1. The Kier molecular flexibility index (Phi) is 5.77. The van der Waals surface area contributed by atoms with E-state index >= 15 is 0 Å². The van der Waals surface area contributed by atoms with Gasteiger partial charge in [-0.3, -0.25) is 4.79 Å². The molecule has 144 valence electrons. The van der Waals surface area contributed by atoms with Gasteiger partial charge in [-0.15, -0.1) is 0 Å². The number of halogens is 1. The van der Waals surface area contributed by atoms with Gasteiger partial charge in [-0.25, -0.2) is 0 Å². The van der Waals surface area contributed by atoms with E-state index in [2.05, 4.69) is 29.8 Å².